The smallest absolute Gasteiger partial charge is 0.130 e. The molecule has 102 valence electrons. The summed E-state index contributed by atoms with van der Waals surface area (Å²) in [5.74, 6) is 0.815. The molecule has 0 saturated carbocycles. The molecule has 0 bridgehead atoms. The zero-order chi connectivity index (χ0) is 13.3. The van der Waals surface area contributed by atoms with Gasteiger partial charge in [0.1, 0.15) is 5.78 Å². The van der Waals surface area contributed by atoms with Gasteiger partial charge in [0.25, 0.3) is 0 Å². The minimum absolute atomic E-state index is 0.00882. The lowest BCUT2D eigenvalue weighted by molar-refractivity contribution is -0.117. The molecule has 0 amide bonds. The lowest BCUT2D eigenvalue weighted by Gasteiger charge is -2.26. The van der Waals surface area contributed by atoms with Gasteiger partial charge in [-0.2, -0.15) is 0 Å². The number of carbonyl (C=O) groups excluding carboxylic acids is 1. The van der Waals surface area contributed by atoms with E-state index in [-0.39, 0.29) is 5.60 Å². The highest BCUT2D eigenvalue weighted by Crippen LogP contribution is 2.21. The quantitative estimate of drug-likeness (QED) is 0.532. The fourth-order valence-electron chi connectivity index (χ4n) is 2.03. The molecule has 0 aliphatic carbocycles. The summed E-state index contributed by atoms with van der Waals surface area (Å²) in [6.07, 6.45) is 6.40. The SMILES string of the molecule is CCCCOC(C)(C)CCCC(C)CC(C)=O. The van der Waals surface area contributed by atoms with Gasteiger partial charge < -0.3 is 9.53 Å². The first-order chi connectivity index (χ1) is 7.87. The Morgan fingerprint density at radius 3 is 2.47 bits per heavy atom. The second kappa shape index (κ2) is 8.68. The highest BCUT2D eigenvalue weighted by Gasteiger charge is 2.18. The van der Waals surface area contributed by atoms with Crippen LogP contribution in [0.2, 0.25) is 0 Å². The summed E-state index contributed by atoms with van der Waals surface area (Å²) in [5, 5.41) is 0. The van der Waals surface area contributed by atoms with Gasteiger partial charge in [-0.3, -0.25) is 0 Å². The molecule has 0 spiro atoms. The summed E-state index contributed by atoms with van der Waals surface area (Å²) in [6, 6.07) is 0. The van der Waals surface area contributed by atoms with Gasteiger partial charge in [-0.15, -0.1) is 0 Å². The van der Waals surface area contributed by atoms with Crippen LogP contribution in [0.1, 0.15) is 73.1 Å². The van der Waals surface area contributed by atoms with Gasteiger partial charge in [0.05, 0.1) is 5.60 Å². The first kappa shape index (κ1) is 16.6. The van der Waals surface area contributed by atoms with Crippen LogP contribution in [0.15, 0.2) is 0 Å². The minimum Gasteiger partial charge on any atom is -0.376 e. The molecular weight excluding hydrogens is 212 g/mol. The van der Waals surface area contributed by atoms with Crippen molar-refractivity contribution in [1.29, 1.82) is 0 Å². The maximum absolute atomic E-state index is 11.0. The molecule has 0 saturated heterocycles. The largest absolute Gasteiger partial charge is 0.376 e. The third kappa shape index (κ3) is 10.5. The fraction of sp³-hybridized carbons (Fsp3) is 0.933. The van der Waals surface area contributed by atoms with E-state index in [1.54, 1.807) is 6.92 Å². The van der Waals surface area contributed by atoms with Crippen LogP contribution in [0.25, 0.3) is 0 Å². The Hall–Kier alpha value is -0.370. The molecule has 0 heterocycles. The highest BCUT2D eigenvalue weighted by molar-refractivity contribution is 5.75. The van der Waals surface area contributed by atoms with Crippen molar-refractivity contribution in [3.05, 3.63) is 0 Å². The van der Waals surface area contributed by atoms with Crippen LogP contribution in [0, 0.1) is 5.92 Å². The average Bonchev–Trinajstić information content (AvgIpc) is 2.16. The summed E-state index contributed by atoms with van der Waals surface area (Å²) < 4.78 is 5.87. The van der Waals surface area contributed by atoms with E-state index in [0.717, 1.165) is 38.7 Å². The zero-order valence-electron chi connectivity index (χ0n) is 12.3. The van der Waals surface area contributed by atoms with Gasteiger partial charge in [-0.05, 0) is 39.5 Å². The normalized spacial score (nSPS) is 13.7. The molecule has 2 heteroatoms. The van der Waals surface area contributed by atoms with Crippen LogP contribution in [0.4, 0.5) is 0 Å². The molecule has 1 unspecified atom stereocenters. The Morgan fingerprint density at radius 2 is 1.94 bits per heavy atom. The first-order valence-electron chi connectivity index (χ1n) is 7.00. The molecule has 0 rings (SSSR count). The molecule has 0 fully saturated rings. The Kier molecular flexibility index (Phi) is 8.49. The molecular formula is C15H30O2. The number of ketones is 1. The molecule has 2 nitrogen and oxygen atoms in total. The highest BCUT2D eigenvalue weighted by atomic mass is 16.5. The Bertz CT molecular complexity index is 209. The van der Waals surface area contributed by atoms with Gasteiger partial charge in [0.2, 0.25) is 0 Å². The lowest BCUT2D eigenvalue weighted by atomic mass is 9.94. The second-order valence-corrected chi connectivity index (χ2v) is 5.87. The predicted molar refractivity (Wildman–Crippen MR) is 73.3 cm³/mol. The van der Waals surface area contributed by atoms with Gasteiger partial charge in [0, 0.05) is 13.0 Å². The molecule has 17 heavy (non-hydrogen) atoms. The summed E-state index contributed by atoms with van der Waals surface area (Å²) in [6.45, 7) is 11.2. The molecule has 0 aliphatic rings. The lowest BCUT2D eigenvalue weighted by Crippen LogP contribution is -2.25. The Balaban J connectivity index is 3.67. The predicted octanol–water partition coefficient (Wildman–Crippen LogP) is 4.37. The fourth-order valence-corrected chi connectivity index (χ4v) is 2.03. The van der Waals surface area contributed by atoms with Crippen molar-refractivity contribution in [3.63, 3.8) is 0 Å². The van der Waals surface area contributed by atoms with E-state index in [4.69, 9.17) is 4.74 Å². The van der Waals surface area contributed by atoms with E-state index in [2.05, 4.69) is 27.7 Å². The molecule has 0 aromatic heterocycles. The third-order valence-corrected chi connectivity index (χ3v) is 3.10. The topological polar surface area (TPSA) is 26.3 Å². The van der Waals surface area contributed by atoms with Crippen molar-refractivity contribution in [3.8, 4) is 0 Å². The third-order valence-electron chi connectivity index (χ3n) is 3.10. The minimum atomic E-state index is -0.00882. The molecule has 0 N–H and O–H groups in total. The van der Waals surface area contributed by atoms with E-state index < -0.39 is 0 Å². The van der Waals surface area contributed by atoms with Crippen LogP contribution in [-0.4, -0.2) is 18.0 Å². The summed E-state index contributed by atoms with van der Waals surface area (Å²) in [4.78, 5) is 11.0. The average molecular weight is 242 g/mol. The monoisotopic (exact) mass is 242 g/mol. The molecule has 0 aliphatic heterocycles. The number of ether oxygens (including phenoxy) is 1. The maximum atomic E-state index is 11.0. The van der Waals surface area contributed by atoms with Crippen LogP contribution in [-0.2, 0) is 9.53 Å². The summed E-state index contributed by atoms with van der Waals surface area (Å²) >= 11 is 0. The standard InChI is InChI=1S/C15H30O2/c1-6-7-11-17-15(4,5)10-8-9-13(2)12-14(3)16/h13H,6-12H2,1-5H3. The van der Waals surface area contributed by atoms with E-state index in [1.807, 2.05) is 0 Å². The molecule has 0 radical (unpaired) electrons. The number of hydrogen-bond donors (Lipinski definition) is 0. The maximum Gasteiger partial charge on any atom is 0.130 e. The van der Waals surface area contributed by atoms with Crippen LogP contribution in [0.5, 0.6) is 0 Å². The number of carbonyl (C=O) groups is 1. The zero-order valence-corrected chi connectivity index (χ0v) is 12.3. The molecule has 1 atom stereocenters. The number of unbranched alkanes of at least 4 members (excludes halogenated alkanes) is 1. The van der Waals surface area contributed by atoms with Crippen LogP contribution in [0.3, 0.4) is 0 Å². The van der Waals surface area contributed by atoms with Crippen molar-refractivity contribution in [2.75, 3.05) is 6.61 Å². The van der Waals surface area contributed by atoms with Gasteiger partial charge >= 0.3 is 0 Å². The van der Waals surface area contributed by atoms with Gasteiger partial charge in [-0.25, -0.2) is 0 Å². The first-order valence-corrected chi connectivity index (χ1v) is 7.00. The Labute approximate surface area is 107 Å². The number of hydrogen-bond acceptors (Lipinski definition) is 2. The van der Waals surface area contributed by atoms with E-state index >= 15 is 0 Å². The van der Waals surface area contributed by atoms with E-state index in [1.165, 1.54) is 6.42 Å². The van der Waals surface area contributed by atoms with Crippen molar-refractivity contribution in [1.82, 2.24) is 0 Å². The van der Waals surface area contributed by atoms with Crippen molar-refractivity contribution in [2.45, 2.75) is 78.7 Å². The number of rotatable bonds is 10. The second-order valence-electron chi connectivity index (χ2n) is 5.87. The van der Waals surface area contributed by atoms with Crippen LogP contribution < -0.4 is 0 Å². The Morgan fingerprint density at radius 1 is 1.29 bits per heavy atom. The van der Waals surface area contributed by atoms with Crippen molar-refractivity contribution in [2.24, 2.45) is 5.92 Å². The van der Waals surface area contributed by atoms with Gasteiger partial charge in [-0.1, -0.05) is 33.1 Å². The van der Waals surface area contributed by atoms with Crippen molar-refractivity contribution < 1.29 is 9.53 Å². The van der Waals surface area contributed by atoms with Crippen LogP contribution >= 0.6 is 0 Å². The summed E-state index contributed by atoms with van der Waals surface area (Å²) in [7, 11) is 0. The summed E-state index contributed by atoms with van der Waals surface area (Å²) in [5.41, 5.74) is -0.00882. The number of Topliss-reactive ketones (excluding diaryl/α,β-unsaturated/α-hetero) is 1. The molecule has 0 aromatic rings. The molecule has 0 aromatic carbocycles. The van der Waals surface area contributed by atoms with E-state index in [0.29, 0.717) is 11.7 Å². The van der Waals surface area contributed by atoms with E-state index in [9.17, 15) is 4.79 Å². The van der Waals surface area contributed by atoms with Gasteiger partial charge in [0.15, 0.2) is 0 Å². The van der Waals surface area contributed by atoms with Crippen molar-refractivity contribution >= 4 is 5.78 Å².